The molecule has 2 aliphatic heterocycles. The zero-order valence-corrected chi connectivity index (χ0v) is 37.6. The Labute approximate surface area is 393 Å². The number of halogens is 2. The number of nitrogens with zero attached hydrogens (tertiary/aromatic N) is 4. The maximum absolute atomic E-state index is 12.5. The molecule has 6 rings (SSSR count). The maximum atomic E-state index is 12.5. The number of pyridine rings is 2. The minimum atomic E-state index is -1.18. The highest BCUT2D eigenvalue weighted by atomic mass is 35.5. The van der Waals surface area contributed by atoms with E-state index in [1.807, 2.05) is 0 Å². The first-order chi connectivity index (χ1) is 31.9. The fraction of sp³-hybridized carbons (Fsp3) is 0.302. The molecule has 4 heterocycles. The van der Waals surface area contributed by atoms with Crippen molar-refractivity contribution in [2.75, 3.05) is 49.9 Å². The summed E-state index contributed by atoms with van der Waals surface area (Å²) in [6, 6.07) is 6.87. The molecule has 2 aromatic carbocycles. The number of phenolic OH excluding ortho intramolecular Hbond substituents is 2. The number of nitrogens with one attached hydrogen (secondary N) is 8. The monoisotopic (exact) mass is 962 g/mol. The van der Waals surface area contributed by atoms with Gasteiger partial charge < -0.3 is 63.0 Å². The molecule has 0 saturated heterocycles. The van der Waals surface area contributed by atoms with Crippen molar-refractivity contribution in [3.05, 3.63) is 105 Å². The number of carbonyl (C=O) groups excluding carboxylic acids is 4. The lowest BCUT2D eigenvalue weighted by molar-refractivity contribution is -0.139. The van der Waals surface area contributed by atoms with Crippen LogP contribution >= 0.6 is 23.2 Å². The number of guanidine groups is 2. The number of aliphatic carboxylic acids is 2. The molecule has 0 radical (unpaired) electrons. The topological polar surface area (TPSA) is 330 Å². The summed E-state index contributed by atoms with van der Waals surface area (Å²) in [6.07, 6.45) is 5.75. The fourth-order valence-electron chi connectivity index (χ4n) is 6.53. The average Bonchev–Trinajstić information content (AvgIpc) is 3.80. The molecule has 0 bridgehead atoms. The van der Waals surface area contributed by atoms with Crippen molar-refractivity contribution in [1.29, 1.82) is 0 Å². The smallest absolute Gasteiger partial charge is 0.305 e. The number of hydrogen-bond donors (Lipinski definition) is 12. The second-order valence-corrected chi connectivity index (χ2v) is 15.8. The lowest BCUT2D eigenvalue weighted by Crippen LogP contribution is -2.39. The van der Waals surface area contributed by atoms with Gasteiger partial charge in [-0.2, -0.15) is 0 Å². The minimum Gasteiger partial charge on any atom is -0.507 e. The molecule has 67 heavy (non-hydrogen) atoms. The molecule has 0 aliphatic carbocycles. The summed E-state index contributed by atoms with van der Waals surface area (Å²) in [5.74, 6) is -3.87. The molecule has 354 valence electrons. The molecular formula is C43H48Cl2N12O10. The average molecular weight is 964 g/mol. The molecule has 12 N–H and O–H groups in total. The van der Waals surface area contributed by atoms with Gasteiger partial charge in [0.15, 0.2) is 11.9 Å². The van der Waals surface area contributed by atoms with Crippen LogP contribution in [0.2, 0.25) is 10.0 Å². The van der Waals surface area contributed by atoms with Gasteiger partial charge in [0, 0.05) is 53.2 Å². The first-order valence-electron chi connectivity index (χ1n) is 20.5. The largest absolute Gasteiger partial charge is 0.507 e. The number of aromatic hydroxyl groups is 2. The number of amides is 4. The number of rotatable bonds is 16. The van der Waals surface area contributed by atoms with E-state index in [2.05, 4.69) is 62.5 Å². The Morgan fingerprint density at radius 1 is 0.627 bits per heavy atom. The summed E-state index contributed by atoms with van der Waals surface area (Å²) in [7, 11) is 0. The Hall–Kier alpha value is -7.72. The van der Waals surface area contributed by atoms with E-state index in [4.69, 9.17) is 23.2 Å². The second kappa shape index (κ2) is 24.0. The molecule has 2 aromatic heterocycles. The Bertz CT molecular complexity index is 2580. The minimum absolute atomic E-state index is 0.160. The van der Waals surface area contributed by atoms with Crippen molar-refractivity contribution in [3.8, 4) is 11.5 Å². The Morgan fingerprint density at radius 2 is 1.06 bits per heavy atom. The number of benzene rings is 2. The molecule has 2 atom stereocenters. The summed E-state index contributed by atoms with van der Waals surface area (Å²) in [5, 5.41) is 61.9. The van der Waals surface area contributed by atoms with Gasteiger partial charge in [-0.15, -0.1) is 0 Å². The molecule has 0 saturated carbocycles. The number of carboxylic acid groups (broad SMARTS) is 2. The SMILES string of the molecule is Cc1cc(Cl)cc(C(CC(=O)O)NC(=O)CNC(=O)c2cncc(NC3=NCCCN3)c2)c1O.Cc1cc(Cl)cc(C(CC(=O)O)NC(=O)CNC(=O)c2cncc(NC3=NCCN3)c2)c1O. The van der Waals surface area contributed by atoms with Gasteiger partial charge in [-0.3, -0.25) is 48.7 Å². The first-order valence-corrected chi connectivity index (χ1v) is 21.3. The molecule has 2 aliphatic rings. The number of aliphatic imine (C=N–C) groups is 2. The van der Waals surface area contributed by atoms with Crippen molar-refractivity contribution in [1.82, 2.24) is 41.9 Å². The van der Waals surface area contributed by atoms with Crippen molar-refractivity contribution in [2.24, 2.45) is 9.98 Å². The highest BCUT2D eigenvalue weighted by molar-refractivity contribution is 6.31. The number of aromatic nitrogens is 2. The number of hydrogen-bond acceptors (Lipinski definition) is 16. The highest BCUT2D eigenvalue weighted by Gasteiger charge is 2.25. The first kappa shape index (κ1) is 50.3. The lowest BCUT2D eigenvalue weighted by atomic mass is 10.00. The second-order valence-electron chi connectivity index (χ2n) is 15.0. The summed E-state index contributed by atoms with van der Waals surface area (Å²) >= 11 is 12.1. The summed E-state index contributed by atoms with van der Waals surface area (Å²) < 4.78 is 0. The van der Waals surface area contributed by atoms with E-state index in [0.717, 1.165) is 19.5 Å². The van der Waals surface area contributed by atoms with Crippen LogP contribution in [-0.4, -0.2) is 117 Å². The van der Waals surface area contributed by atoms with Gasteiger partial charge in [-0.1, -0.05) is 23.2 Å². The molecule has 24 heteroatoms. The highest BCUT2D eigenvalue weighted by Crippen LogP contribution is 2.34. The molecule has 2 unspecified atom stereocenters. The van der Waals surface area contributed by atoms with Crippen molar-refractivity contribution in [3.63, 3.8) is 0 Å². The third-order valence-electron chi connectivity index (χ3n) is 9.69. The number of carbonyl (C=O) groups is 6. The van der Waals surface area contributed by atoms with Gasteiger partial charge in [0.25, 0.3) is 11.8 Å². The van der Waals surface area contributed by atoms with E-state index >= 15 is 0 Å². The number of anilines is 2. The van der Waals surface area contributed by atoms with Crippen molar-refractivity contribution < 1.29 is 49.2 Å². The van der Waals surface area contributed by atoms with Crippen LogP contribution < -0.4 is 42.5 Å². The molecule has 22 nitrogen and oxygen atoms in total. The van der Waals surface area contributed by atoms with Crippen LogP contribution in [0.1, 0.15) is 74.3 Å². The van der Waals surface area contributed by atoms with Crippen molar-refractivity contribution in [2.45, 2.75) is 45.2 Å². The van der Waals surface area contributed by atoms with E-state index in [1.54, 1.807) is 26.0 Å². The molecule has 0 spiro atoms. The van der Waals surface area contributed by atoms with Crippen LogP contribution in [0.25, 0.3) is 0 Å². The molecular weight excluding hydrogens is 915 g/mol. The molecule has 4 aromatic rings. The van der Waals surface area contributed by atoms with E-state index in [1.165, 1.54) is 49.1 Å². The van der Waals surface area contributed by atoms with E-state index in [9.17, 15) is 49.2 Å². The quantitative estimate of drug-likeness (QED) is 0.0768. The van der Waals surface area contributed by atoms with E-state index in [-0.39, 0.29) is 38.8 Å². The van der Waals surface area contributed by atoms with Crippen LogP contribution in [0.4, 0.5) is 11.4 Å². The standard InChI is InChI=1S/C22H25ClN6O5.C21H23ClN6O5/c1-12-5-14(23)7-16(20(12)33)17(8-19(31)32)29-18(30)11-27-21(34)13-6-15(10-24-9-13)28-22-25-3-2-4-26-22;1-11-4-13(22)6-15(19(11)32)16(7-18(30)31)28-17(29)10-26-20(33)12-5-14(9-23-8-12)27-21-24-2-3-25-21/h5-7,9-10,17,33H,2-4,8,11H2,1H3,(H,27,34)(H,29,30)(H,31,32)(H2,25,26,28);4-6,8-9,16,32H,2-3,7,10H2,1H3,(H,26,33)(H,28,29)(H,30,31)(H2,24,25,27). The van der Waals surface area contributed by atoms with Gasteiger partial charge in [-0.05, 0) is 67.8 Å². The Morgan fingerprint density at radius 3 is 1.45 bits per heavy atom. The lowest BCUT2D eigenvalue weighted by Gasteiger charge is -2.20. The van der Waals surface area contributed by atoms with Gasteiger partial charge in [0.2, 0.25) is 11.8 Å². The third kappa shape index (κ3) is 15.5. The maximum Gasteiger partial charge on any atom is 0.305 e. The Balaban J connectivity index is 0.000000251. The van der Waals surface area contributed by atoms with Gasteiger partial charge in [-0.25, -0.2) is 0 Å². The van der Waals surface area contributed by atoms with Gasteiger partial charge in [0.1, 0.15) is 11.5 Å². The van der Waals surface area contributed by atoms with Crippen LogP contribution in [0.3, 0.4) is 0 Å². The number of phenols is 2. The number of carboxylic acids is 2. The van der Waals surface area contributed by atoms with Crippen molar-refractivity contribution >= 4 is 82.1 Å². The zero-order chi connectivity index (χ0) is 48.6. The number of aryl methyl sites for hydroxylation is 2. The van der Waals surface area contributed by atoms with Gasteiger partial charge in [0.05, 0.1) is 79.5 Å². The predicted molar refractivity (Wildman–Crippen MR) is 248 cm³/mol. The van der Waals surface area contributed by atoms with E-state index in [0.29, 0.717) is 52.5 Å². The molecule has 4 amide bonds. The summed E-state index contributed by atoms with van der Waals surface area (Å²) in [6.45, 7) is 5.26. The fourth-order valence-corrected chi connectivity index (χ4v) is 7.10. The van der Waals surface area contributed by atoms with Crippen LogP contribution in [0.5, 0.6) is 11.5 Å². The zero-order valence-electron chi connectivity index (χ0n) is 36.1. The van der Waals surface area contributed by atoms with Crippen LogP contribution in [-0.2, 0) is 19.2 Å². The van der Waals surface area contributed by atoms with Gasteiger partial charge >= 0.3 is 11.9 Å². The van der Waals surface area contributed by atoms with Crippen LogP contribution in [0.15, 0.2) is 71.2 Å². The molecule has 0 fully saturated rings. The summed E-state index contributed by atoms with van der Waals surface area (Å²) in [5.41, 5.74) is 2.77. The summed E-state index contributed by atoms with van der Waals surface area (Å²) in [4.78, 5) is 89.0. The predicted octanol–water partition coefficient (Wildman–Crippen LogP) is 2.75. The van der Waals surface area contributed by atoms with Crippen LogP contribution in [0, 0.1) is 13.8 Å². The Kier molecular flexibility index (Phi) is 18.0. The van der Waals surface area contributed by atoms with E-state index < -0.39 is 73.6 Å². The normalized spacial score (nSPS) is 13.6. The third-order valence-corrected chi connectivity index (χ3v) is 10.1.